The maximum Gasteiger partial charge on any atom is 0.203 e. The molecule has 4 nitrogen and oxygen atoms in total. The molecule has 17 heavy (non-hydrogen) atoms. The Morgan fingerprint density at radius 1 is 1.71 bits per heavy atom. The zero-order valence-corrected chi connectivity index (χ0v) is 10.8. The van der Waals surface area contributed by atoms with Gasteiger partial charge < -0.3 is 5.32 Å². The number of nitriles is 1. The van der Waals surface area contributed by atoms with E-state index < -0.39 is 9.84 Å². The lowest BCUT2D eigenvalue weighted by Gasteiger charge is -2.19. The number of allylic oxidation sites excluding steroid dienone is 2. The summed E-state index contributed by atoms with van der Waals surface area (Å²) in [7, 11) is -3.44. The van der Waals surface area contributed by atoms with Crippen LogP contribution in [-0.2, 0) is 9.84 Å². The molecule has 92 valence electrons. The molecular formula is C12H16N2O2S. The summed E-state index contributed by atoms with van der Waals surface area (Å²) in [5, 5.41) is 11.6. The van der Waals surface area contributed by atoms with E-state index in [9.17, 15) is 8.42 Å². The van der Waals surface area contributed by atoms with Gasteiger partial charge in [-0.2, -0.15) is 5.26 Å². The van der Waals surface area contributed by atoms with E-state index in [0.29, 0.717) is 13.0 Å². The van der Waals surface area contributed by atoms with E-state index in [-0.39, 0.29) is 15.7 Å². The van der Waals surface area contributed by atoms with E-state index >= 15 is 0 Å². The summed E-state index contributed by atoms with van der Waals surface area (Å²) in [6, 6.07) is 2.09. The van der Waals surface area contributed by atoms with Crippen molar-refractivity contribution in [2.75, 3.05) is 6.54 Å². The van der Waals surface area contributed by atoms with Crippen LogP contribution in [-0.4, -0.2) is 15.0 Å². The number of nitrogens with one attached hydrogen (secondary N) is 1. The van der Waals surface area contributed by atoms with E-state index in [1.807, 2.05) is 6.92 Å². The molecule has 1 atom stereocenters. The van der Waals surface area contributed by atoms with E-state index in [1.165, 1.54) is 13.1 Å². The molecule has 0 unspecified atom stereocenters. The Labute approximate surface area is 102 Å². The van der Waals surface area contributed by atoms with Gasteiger partial charge in [0.1, 0.15) is 0 Å². The molecule has 5 heteroatoms. The molecule has 1 aliphatic heterocycles. The van der Waals surface area contributed by atoms with Gasteiger partial charge in [-0.25, -0.2) is 8.42 Å². The maximum atomic E-state index is 11.9. The van der Waals surface area contributed by atoms with Crippen LogP contribution in [0.15, 0.2) is 34.2 Å². The van der Waals surface area contributed by atoms with Gasteiger partial charge in [-0.15, -0.1) is 0 Å². The lowest BCUT2D eigenvalue weighted by atomic mass is 9.97. The Morgan fingerprint density at radius 2 is 2.35 bits per heavy atom. The first-order valence-corrected chi connectivity index (χ1v) is 6.79. The molecule has 1 N–H and O–H groups in total. The molecule has 0 amide bonds. The Bertz CT molecular complexity index is 521. The Morgan fingerprint density at radius 3 is 2.88 bits per heavy atom. The molecule has 0 aromatic rings. The molecule has 0 saturated carbocycles. The third-order valence-electron chi connectivity index (χ3n) is 2.68. The fourth-order valence-electron chi connectivity index (χ4n) is 1.49. The SMILES string of the molecule is C=C(C)S(=O)(=O)C1=CNCC([C@@H](C)CC#N)=C1. The van der Waals surface area contributed by atoms with E-state index in [4.69, 9.17) is 5.26 Å². The predicted molar refractivity (Wildman–Crippen MR) is 67.3 cm³/mol. The van der Waals surface area contributed by atoms with Crippen molar-refractivity contribution in [3.05, 3.63) is 34.2 Å². The minimum Gasteiger partial charge on any atom is -0.386 e. The smallest absolute Gasteiger partial charge is 0.203 e. The van der Waals surface area contributed by atoms with Crippen molar-refractivity contribution >= 4 is 9.84 Å². The van der Waals surface area contributed by atoms with Gasteiger partial charge in [-0.3, -0.25) is 0 Å². The highest BCUT2D eigenvalue weighted by Crippen LogP contribution is 2.24. The van der Waals surface area contributed by atoms with Crippen molar-refractivity contribution in [1.82, 2.24) is 5.32 Å². The van der Waals surface area contributed by atoms with Crippen LogP contribution in [0.2, 0.25) is 0 Å². The summed E-state index contributed by atoms with van der Waals surface area (Å²) < 4.78 is 23.8. The van der Waals surface area contributed by atoms with Crippen molar-refractivity contribution in [2.24, 2.45) is 5.92 Å². The minimum atomic E-state index is -3.44. The van der Waals surface area contributed by atoms with Gasteiger partial charge in [0.15, 0.2) is 0 Å². The van der Waals surface area contributed by atoms with Crippen LogP contribution in [0.1, 0.15) is 20.3 Å². The first-order valence-electron chi connectivity index (χ1n) is 5.31. The average molecular weight is 252 g/mol. The molecule has 0 spiro atoms. The second-order valence-electron chi connectivity index (χ2n) is 4.12. The van der Waals surface area contributed by atoms with Crippen molar-refractivity contribution in [2.45, 2.75) is 20.3 Å². The molecule has 0 aromatic heterocycles. The second-order valence-corrected chi connectivity index (χ2v) is 6.29. The lowest BCUT2D eigenvalue weighted by Crippen LogP contribution is -2.21. The van der Waals surface area contributed by atoms with Crippen LogP contribution < -0.4 is 5.32 Å². The first-order chi connectivity index (χ1) is 7.89. The highest BCUT2D eigenvalue weighted by atomic mass is 32.2. The summed E-state index contributed by atoms with van der Waals surface area (Å²) in [6.45, 7) is 7.43. The van der Waals surface area contributed by atoms with Gasteiger partial charge in [-0.05, 0) is 24.5 Å². The van der Waals surface area contributed by atoms with Crippen molar-refractivity contribution in [1.29, 1.82) is 5.26 Å². The molecule has 1 heterocycles. The number of sulfone groups is 1. The van der Waals surface area contributed by atoms with Crippen molar-refractivity contribution in [3.63, 3.8) is 0 Å². The van der Waals surface area contributed by atoms with Gasteiger partial charge >= 0.3 is 0 Å². The molecule has 0 radical (unpaired) electrons. The standard InChI is InChI=1S/C12H16N2O2S/c1-9(2)17(15,16)12-6-11(7-14-8-12)10(3)4-5-13/h6,8,10,14H,1,4,7H2,2-3H3/t10-/m0/s1. The van der Waals surface area contributed by atoms with Crippen LogP contribution in [0.5, 0.6) is 0 Å². The summed E-state index contributed by atoms with van der Waals surface area (Å²) in [5.74, 6) is 0.0523. The maximum absolute atomic E-state index is 11.9. The Kier molecular flexibility index (Phi) is 4.13. The third kappa shape index (κ3) is 2.98. The van der Waals surface area contributed by atoms with Crippen LogP contribution in [0.25, 0.3) is 0 Å². The van der Waals surface area contributed by atoms with Gasteiger partial charge in [-0.1, -0.05) is 13.5 Å². The van der Waals surface area contributed by atoms with Gasteiger partial charge in [0.05, 0.1) is 11.0 Å². The molecule has 0 fully saturated rings. The van der Waals surface area contributed by atoms with Crippen LogP contribution in [0.3, 0.4) is 0 Å². The topological polar surface area (TPSA) is 70.0 Å². The largest absolute Gasteiger partial charge is 0.386 e. The summed E-state index contributed by atoms with van der Waals surface area (Å²) in [6.07, 6.45) is 3.50. The molecule has 0 bridgehead atoms. The van der Waals surface area contributed by atoms with Gasteiger partial charge in [0, 0.05) is 24.1 Å². The molecule has 1 aliphatic rings. The fraction of sp³-hybridized carbons (Fsp3) is 0.417. The third-order valence-corrected chi connectivity index (χ3v) is 4.45. The van der Waals surface area contributed by atoms with Crippen LogP contribution in [0.4, 0.5) is 0 Å². The zero-order valence-electron chi connectivity index (χ0n) is 10.0. The number of rotatable bonds is 4. The van der Waals surface area contributed by atoms with Gasteiger partial charge in [0.2, 0.25) is 9.84 Å². The quantitative estimate of drug-likeness (QED) is 0.829. The van der Waals surface area contributed by atoms with E-state index in [2.05, 4.69) is 18.0 Å². The molecular weight excluding hydrogens is 236 g/mol. The second kappa shape index (κ2) is 5.19. The first kappa shape index (κ1) is 13.5. The number of nitrogens with zero attached hydrogens (tertiary/aromatic N) is 1. The molecule has 0 saturated heterocycles. The number of dihydropyridines is 1. The van der Waals surface area contributed by atoms with Gasteiger partial charge in [0.25, 0.3) is 0 Å². The molecule has 0 aliphatic carbocycles. The van der Waals surface area contributed by atoms with Crippen molar-refractivity contribution < 1.29 is 8.42 Å². The van der Waals surface area contributed by atoms with Crippen LogP contribution >= 0.6 is 0 Å². The van der Waals surface area contributed by atoms with Crippen molar-refractivity contribution in [3.8, 4) is 6.07 Å². The minimum absolute atomic E-state index is 0.0523. The monoisotopic (exact) mass is 252 g/mol. The highest BCUT2D eigenvalue weighted by molar-refractivity contribution is 7.99. The van der Waals surface area contributed by atoms with E-state index in [1.54, 1.807) is 6.08 Å². The lowest BCUT2D eigenvalue weighted by molar-refractivity contribution is 0.606. The summed E-state index contributed by atoms with van der Waals surface area (Å²) in [5.41, 5.74) is 0.925. The van der Waals surface area contributed by atoms with E-state index in [0.717, 1.165) is 5.57 Å². The summed E-state index contributed by atoms with van der Waals surface area (Å²) in [4.78, 5) is 0.340. The summed E-state index contributed by atoms with van der Waals surface area (Å²) >= 11 is 0. The van der Waals surface area contributed by atoms with Crippen LogP contribution in [0, 0.1) is 17.2 Å². The Balaban J connectivity index is 3.04. The highest BCUT2D eigenvalue weighted by Gasteiger charge is 2.21. The normalized spacial score (nSPS) is 17.2. The number of hydrogen-bond acceptors (Lipinski definition) is 4. The fourth-order valence-corrected chi connectivity index (χ4v) is 2.43. The zero-order chi connectivity index (χ0) is 13.1. The molecule has 0 aromatic carbocycles. The molecule has 1 rings (SSSR count). The Hall–Kier alpha value is -1.54. The average Bonchev–Trinajstić information content (AvgIpc) is 2.29. The predicted octanol–water partition coefficient (Wildman–Crippen LogP) is 1.86. The number of hydrogen-bond donors (Lipinski definition) is 1.